The van der Waals surface area contributed by atoms with Gasteiger partial charge < -0.3 is 14.2 Å². The summed E-state index contributed by atoms with van der Waals surface area (Å²) in [5.41, 5.74) is 2.65. The van der Waals surface area contributed by atoms with Crippen molar-refractivity contribution in [3.05, 3.63) is 45.9 Å². The minimum absolute atomic E-state index is 0.0356. The van der Waals surface area contributed by atoms with Gasteiger partial charge in [-0.3, -0.25) is 5.32 Å². The third-order valence-electron chi connectivity index (χ3n) is 6.65. The average molecular weight is 422 g/mol. The molecule has 0 radical (unpaired) electrons. The molecule has 1 aliphatic heterocycles. The van der Waals surface area contributed by atoms with Crippen molar-refractivity contribution < 1.29 is 18.4 Å². The molecular formula is C21H25ClFN3O3. The topological polar surface area (TPSA) is 67.6 Å². The number of rotatable bonds is 3. The number of aryl methyl sites for hydroxylation is 1. The number of ether oxygens (including phenoxy) is 1. The van der Waals surface area contributed by atoms with Crippen LogP contribution in [0.4, 0.5) is 15.1 Å². The molecule has 2 atom stereocenters. The number of amides is 2. The van der Waals surface area contributed by atoms with Crippen molar-refractivity contribution in [2.45, 2.75) is 45.1 Å². The van der Waals surface area contributed by atoms with Crippen molar-refractivity contribution in [2.75, 3.05) is 25.5 Å². The zero-order valence-corrected chi connectivity index (χ0v) is 17.6. The SMILES string of the molecule is COC1C(c2ccc(F)c(Cl)c2)CC12CCN(C(=O)Nc1onc(C)c1C)CC2. The van der Waals surface area contributed by atoms with Gasteiger partial charge in [0.15, 0.2) is 0 Å². The molecule has 8 heteroatoms. The summed E-state index contributed by atoms with van der Waals surface area (Å²) in [6.07, 6.45) is 2.70. The summed E-state index contributed by atoms with van der Waals surface area (Å²) in [5, 5.41) is 6.83. The summed E-state index contributed by atoms with van der Waals surface area (Å²) in [7, 11) is 1.72. The predicted molar refractivity (Wildman–Crippen MR) is 108 cm³/mol. The lowest BCUT2D eigenvalue weighted by Crippen LogP contribution is -2.58. The highest BCUT2D eigenvalue weighted by Gasteiger charge is 2.55. The third kappa shape index (κ3) is 3.51. The van der Waals surface area contributed by atoms with Crippen LogP contribution in [0.2, 0.25) is 5.02 Å². The molecule has 1 aromatic heterocycles. The second-order valence-corrected chi connectivity index (χ2v) is 8.55. The van der Waals surface area contributed by atoms with E-state index in [1.165, 1.54) is 6.07 Å². The fourth-order valence-electron chi connectivity index (χ4n) is 4.73. The molecule has 2 heterocycles. The highest BCUT2D eigenvalue weighted by molar-refractivity contribution is 6.30. The first-order valence-electron chi connectivity index (χ1n) is 9.81. The zero-order valence-electron chi connectivity index (χ0n) is 16.8. The number of halogens is 2. The first kappa shape index (κ1) is 20.2. The molecule has 2 fully saturated rings. The number of methoxy groups -OCH3 is 1. The fourth-order valence-corrected chi connectivity index (χ4v) is 4.92. The monoisotopic (exact) mass is 421 g/mol. The Morgan fingerprint density at radius 1 is 1.38 bits per heavy atom. The van der Waals surface area contributed by atoms with Gasteiger partial charge in [0.1, 0.15) is 5.82 Å². The van der Waals surface area contributed by atoms with Gasteiger partial charge in [-0.1, -0.05) is 22.8 Å². The molecule has 1 aromatic carbocycles. The van der Waals surface area contributed by atoms with Crippen LogP contribution >= 0.6 is 11.6 Å². The molecule has 2 unspecified atom stereocenters. The molecule has 1 aliphatic carbocycles. The molecule has 6 nitrogen and oxygen atoms in total. The van der Waals surface area contributed by atoms with Crippen molar-refractivity contribution in [3.63, 3.8) is 0 Å². The van der Waals surface area contributed by atoms with E-state index in [9.17, 15) is 9.18 Å². The first-order chi connectivity index (χ1) is 13.8. The lowest BCUT2D eigenvalue weighted by atomic mass is 9.53. The Labute approximate surface area is 174 Å². The van der Waals surface area contributed by atoms with E-state index in [1.54, 1.807) is 24.1 Å². The molecule has 156 valence electrons. The second-order valence-electron chi connectivity index (χ2n) is 8.14. The fraction of sp³-hybridized carbons (Fsp3) is 0.524. The van der Waals surface area contributed by atoms with Gasteiger partial charge in [0.05, 0.1) is 16.8 Å². The maximum Gasteiger partial charge on any atom is 0.324 e. The van der Waals surface area contributed by atoms with Crippen molar-refractivity contribution in [3.8, 4) is 0 Å². The van der Waals surface area contributed by atoms with E-state index in [0.29, 0.717) is 19.0 Å². The van der Waals surface area contributed by atoms with Crippen LogP contribution in [0, 0.1) is 25.1 Å². The summed E-state index contributed by atoms with van der Waals surface area (Å²) in [6, 6.07) is 4.73. The van der Waals surface area contributed by atoms with Gasteiger partial charge in [-0.25, -0.2) is 9.18 Å². The first-order valence-corrected chi connectivity index (χ1v) is 10.2. The van der Waals surface area contributed by atoms with Crippen LogP contribution in [-0.2, 0) is 4.74 Å². The van der Waals surface area contributed by atoms with Crippen molar-refractivity contribution in [2.24, 2.45) is 5.41 Å². The number of benzene rings is 1. The van der Waals surface area contributed by atoms with Gasteiger partial charge in [0.2, 0.25) is 5.88 Å². The molecule has 1 N–H and O–H groups in total. The number of hydrogen-bond acceptors (Lipinski definition) is 4. The van der Waals surface area contributed by atoms with Crippen molar-refractivity contribution in [1.82, 2.24) is 10.1 Å². The van der Waals surface area contributed by atoms with Crippen LogP contribution in [0.1, 0.15) is 42.0 Å². The highest BCUT2D eigenvalue weighted by atomic mass is 35.5. The van der Waals surface area contributed by atoms with Gasteiger partial charge in [0.25, 0.3) is 0 Å². The van der Waals surface area contributed by atoms with E-state index in [2.05, 4.69) is 10.5 Å². The normalized spacial score (nSPS) is 23.1. The van der Waals surface area contributed by atoms with E-state index in [1.807, 2.05) is 13.8 Å². The number of carbonyl (C=O) groups is 1. The summed E-state index contributed by atoms with van der Waals surface area (Å²) in [6.45, 7) is 5.00. The number of nitrogens with zero attached hydrogens (tertiary/aromatic N) is 2. The Kier molecular flexibility index (Phi) is 5.29. The minimum Gasteiger partial charge on any atom is -0.380 e. The molecule has 0 bridgehead atoms. The van der Waals surface area contributed by atoms with Gasteiger partial charge in [-0.2, -0.15) is 0 Å². The molecule has 1 saturated heterocycles. The maximum absolute atomic E-state index is 13.5. The minimum atomic E-state index is -0.407. The largest absolute Gasteiger partial charge is 0.380 e. The van der Waals surface area contributed by atoms with E-state index >= 15 is 0 Å². The van der Waals surface area contributed by atoms with Crippen molar-refractivity contribution in [1.29, 1.82) is 0 Å². The molecule has 2 aromatic rings. The zero-order chi connectivity index (χ0) is 20.8. The number of piperidine rings is 1. The van der Waals surface area contributed by atoms with Gasteiger partial charge in [-0.15, -0.1) is 0 Å². The van der Waals surface area contributed by atoms with E-state index in [4.69, 9.17) is 20.9 Å². The molecule has 1 spiro atoms. The number of carbonyl (C=O) groups excluding carboxylic acids is 1. The summed E-state index contributed by atoms with van der Waals surface area (Å²) in [4.78, 5) is 14.4. The standard InChI is InChI=1S/C21H25ClFN3O3/c1-12-13(2)25-29-19(12)24-20(27)26-8-6-21(7-9-26)11-15(18(21)28-3)14-4-5-17(23)16(22)10-14/h4-5,10,15,18H,6-9,11H2,1-3H3,(H,24,27). The Hall–Kier alpha value is -2.12. The van der Waals surface area contributed by atoms with E-state index < -0.39 is 5.82 Å². The lowest BCUT2D eigenvalue weighted by Gasteiger charge is -2.57. The van der Waals surface area contributed by atoms with Crippen LogP contribution in [-0.4, -0.2) is 42.4 Å². The van der Waals surface area contributed by atoms with Crippen LogP contribution in [0.15, 0.2) is 22.7 Å². The summed E-state index contributed by atoms with van der Waals surface area (Å²) < 4.78 is 24.5. The van der Waals surface area contributed by atoms with Crippen molar-refractivity contribution >= 4 is 23.5 Å². The Morgan fingerprint density at radius 3 is 2.69 bits per heavy atom. The van der Waals surface area contributed by atoms with E-state index in [0.717, 1.165) is 36.1 Å². The average Bonchev–Trinajstić information content (AvgIpc) is 3.01. The summed E-state index contributed by atoms with van der Waals surface area (Å²) in [5.74, 6) is 0.188. The number of anilines is 1. The smallest absolute Gasteiger partial charge is 0.324 e. The lowest BCUT2D eigenvalue weighted by molar-refractivity contribution is -0.134. The molecular weight excluding hydrogens is 397 g/mol. The van der Waals surface area contributed by atoms with Gasteiger partial charge >= 0.3 is 6.03 Å². The molecule has 1 saturated carbocycles. The number of nitrogens with one attached hydrogen (secondary N) is 1. The Morgan fingerprint density at radius 2 is 2.10 bits per heavy atom. The molecule has 29 heavy (non-hydrogen) atoms. The van der Waals surface area contributed by atoms with E-state index in [-0.39, 0.29) is 28.5 Å². The van der Waals surface area contributed by atoms with Gasteiger partial charge in [-0.05, 0) is 50.8 Å². The maximum atomic E-state index is 13.5. The van der Waals surface area contributed by atoms with Crippen LogP contribution in [0.5, 0.6) is 0 Å². The van der Waals surface area contributed by atoms with Crippen LogP contribution in [0.25, 0.3) is 0 Å². The highest BCUT2D eigenvalue weighted by Crippen LogP contribution is 2.58. The number of likely N-dealkylation sites (tertiary alicyclic amines) is 1. The molecule has 4 rings (SSSR count). The number of aromatic nitrogens is 1. The third-order valence-corrected chi connectivity index (χ3v) is 6.93. The molecule has 2 aliphatic rings. The second kappa shape index (κ2) is 7.61. The number of urea groups is 1. The van der Waals surface area contributed by atoms with Gasteiger partial charge in [0, 0.05) is 37.1 Å². The Bertz CT molecular complexity index is 924. The summed E-state index contributed by atoms with van der Waals surface area (Å²) >= 11 is 5.96. The quantitative estimate of drug-likeness (QED) is 0.765. The van der Waals surface area contributed by atoms with Crippen LogP contribution in [0.3, 0.4) is 0 Å². The predicted octanol–water partition coefficient (Wildman–Crippen LogP) is 4.90. The molecule has 2 amide bonds. The van der Waals surface area contributed by atoms with Crippen LogP contribution < -0.4 is 5.32 Å². The number of hydrogen-bond donors (Lipinski definition) is 1. The Balaban J connectivity index is 1.39.